The van der Waals surface area contributed by atoms with Crippen molar-refractivity contribution >= 4 is 0 Å². The highest BCUT2D eigenvalue weighted by molar-refractivity contribution is 5.46. The Bertz CT molecular complexity index is 464. The van der Waals surface area contributed by atoms with Crippen LogP contribution in [-0.4, -0.2) is 26.4 Å². The van der Waals surface area contributed by atoms with Crippen LogP contribution >= 0.6 is 0 Å². The number of hydrogen-bond donors (Lipinski definition) is 1. The van der Waals surface area contributed by atoms with E-state index in [0.29, 0.717) is 6.10 Å². The summed E-state index contributed by atoms with van der Waals surface area (Å²) in [6.45, 7) is 6.14. The Morgan fingerprint density at radius 2 is 2.21 bits per heavy atom. The second-order valence-corrected chi connectivity index (χ2v) is 6.25. The van der Waals surface area contributed by atoms with E-state index in [1.54, 1.807) is 0 Å². The van der Waals surface area contributed by atoms with E-state index in [2.05, 4.69) is 37.4 Å². The minimum Gasteiger partial charge on any atom is -0.492 e. The van der Waals surface area contributed by atoms with E-state index in [4.69, 9.17) is 9.47 Å². The predicted molar refractivity (Wildman–Crippen MR) is 75.7 cm³/mol. The molecule has 1 aromatic rings. The maximum Gasteiger partial charge on any atom is 0.123 e. The standard InChI is InChI=1S/C16H23NO2/c1-16(2)10-19-13-7-6-11(9-12(13)16)15(17-3)14-5-4-8-18-14/h6-7,9,14-15,17H,4-5,8,10H2,1-3H3. The van der Waals surface area contributed by atoms with Crippen LogP contribution in [0.4, 0.5) is 0 Å². The number of ether oxygens (including phenoxy) is 2. The molecule has 3 heteroatoms. The first-order chi connectivity index (χ1) is 9.12. The zero-order valence-electron chi connectivity index (χ0n) is 12.0. The molecule has 1 aromatic carbocycles. The van der Waals surface area contributed by atoms with Crippen molar-refractivity contribution in [3.8, 4) is 5.75 Å². The fraction of sp³-hybridized carbons (Fsp3) is 0.625. The van der Waals surface area contributed by atoms with E-state index in [9.17, 15) is 0 Å². The SMILES string of the molecule is CNC(c1ccc2c(c1)C(C)(C)CO2)C1CCCO1. The molecule has 2 aliphatic rings. The molecule has 19 heavy (non-hydrogen) atoms. The predicted octanol–water partition coefficient (Wildman–Crippen LogP) is 2.80. The van der Waals surface area contributed by atoms with Gasteiger partial charge in [0.15, 0.2) is 0 Å². The van der Waals surface area contributed by atoms with Crippen molar-refractivity contribution in [3.63, 3.8) is 0 Å². The van der Waals surface area contributed by atoms with Gasteiger partial charge in [0, 0.05) is 17.6 Å². The van der Waals surface area contributed by atoms with Gasteiger partial charge in [-0.2, -0.15) is 0 Å². The number of rotatable bonds is 3. The van der Waals surface area contributed by atoms with Crippen LogP contribution in [-0.2, 0) is 10.2 Å². The zero-order valence-corrected chi connectivity index (χ0v) is 12.0. The van der Waals surface area contributed by atoms with Gasteiger partial charge in [-0.05, 0) is 37.6 Å². The van der Waals surface area contributed by atoms with Crippen molar-refractivity contribution in [1.29, 1.82) is 0 Å². The van der Waals surface area contributed by atoms with Crippen molar-refractivity contribution in [2.24, 2.45) is 0 Å². The molecule has 2 heterocycles. The van der Waals surface area contributed by atoms with Crippen LogP contribution in [0.5, 0.6) is 5.75 Å². The third-order valence-corrected chi connectivity index (χ3v) is 4.33. The van der Waals surface area contributed by atoms with E-state index in [0.717, 1.165) is 25.4 Å². The highest BCUT2D eigenvalue weighted by atomic mass is 16.5. The lowest BCUT2D eigenvalue weighted by Gasteiger charge is -2.24. The fourth-order valence-electron chi connectivity index (χ4n) is 3.16. The maximum atomic E-state index is 5.84. The largest absolute Gasteiger partial charge is 0.492 e. The molecule has 2 aliphatic heterocycles. The number of nitrogens with one attached hydrogen (secondary N) is 1. The monoisotopic (exact) mass is 261 g/mol. The highest BCUT2D eigenvalue weighted by Crippen LogP contribution is 2.40. The van der Waals surface area contributed by atoms with E-state index < -0.39 is 0 Å². The first-order valence-corrected chi connectivity index (χ1v) is 7.18. The van der Waals surface area contributed by atoms with Crippen molar-refractivity contribution in [3.05, 3.63) is 29.3 Å². The Morgan fingerprint density at radius 1 is 1.37 bits per heavy atom. The Morgan fingerprint density at radius 3 is 2.89 bits per heavy atom. The molecule has 0 saturated carbocycles. The molecule has 0 spiro atoms. The summed E-state index contributed by atoms with van der Waals surface area (Å²) in [5, 5.41) is 3.41. The van der Waals surface area contributed by atoms with Gasteiger partial charge in [0.25, 0.3) is 0 Å². The minimum atomic E-state index is 0.111. The van der Waals surface area contributed by atoms with E-state index in [1.807, 2.05) is 7.05 Å². The second kappa shape index (κ2) is 4.80. The number of hydrogen-bond acceptors (Lipinski definition) is 3. The summed E-state index contributed by atoms with van der Waals surface area (Å²) in [6, 6.07) is 6.86. The maximum absolute atomic E-state index is 5.84. The zero-order chi connectivity index (χ0) is 13.5. The number of benzene rings is 1. The Balaban J connectivity index is 1.92. The smallest absolute Gasteiger partial charge is 0.123 e. The first kappa shape index (κ1) is 12.9. The van der Waals surface area contributed by atoms with Crippen molar-refractivity contribution in [2.75, 3.05) is 20.3 Å². The average Bonchev–Trinajstić information content (AvgIpc) is 3.00. The van der Waals surface area contributed by atoms with Crippen LogP contribution in [0.2, 0.25) is 0 Å². The summed E-state index contributed by atoms with van der Waals surface area (Å²) < 4.78 is 11.6. The molecule has 0 amide bonds. The van der Waals surface area contributed by atoms with Crippen molar-refractivity contribution in [2.45, 2.75) is 44.2 Å². The van der Waals surface area contributed by atoms with E-state index in [1.165, 1.54) is 17.5 Å². The van der Waals surface area contributed by atoms with Gasteiger partial charge < -0.3 is 14.8 Å². The van der Waals surface area contributed by atoms with Crippen LogP contribution in [0.25, 0.3) is 0 Å². The third kappa shape index (κ3) is 2.26. The Labute approximate surface area is 115 Å². The van der Waals surface area contributed by atoms with Gasteiger partial charge in [0.2, 0.25) is 0 Å². The van der Waals surface area contributed by atoms with Crippen molar-refractivity contribution < 1.29 is 9.47 Å². The lowest BCUT2D eigenvalue weighted by Crippen LogP contribution is -2.29. The van der Waals surface area contributed by atoms with Crippen molar-refractivity contribution in [1.82, 2.24) is 5.32 Å². The van der Waals surface area contributed by atoms with Crippen LogP contribution in [0.1, 0.15) is 43.9 Å². The lowest BCUT2D eigenvalue weighted by molar-refractivity contribution is 0.0807. The fourth-order valence-corrected chi connectivity index (χ4v) is 3.16. The molecular formula is C16H23NO2. The van der Waals surface area contributed by atoms with Gasteiger partial charge in [-0.3, -0.25) is 0 Å². The quantitative estimate of drug-likeness (QED) is 0.907. The molecule has 1 N–H and O–H groups in total. The molecular weight excluding hydrogens is 238 g/mol. The van der Waals surface area contributed by atoms with Gasteiger partial charge in [-0.1, -0.05) is 19.9 Å². The number of likely N-dealkylation sites (N-methyl/N-ethyl adjacent to an activating group) is 1. The normalized spacial score (nSPS) is 25.9. The summed E-state index contributed by atoms with van der Waals surface area (Å²) in [7, 11) is 2.02. The summed E-state index contributed by atoms with van der Waals surface area (Å²) in [6.07, 6.45) is 2.61. The molecule has 0 radical (unpaired) electrons. The molecule has 1 fully saturated rings. The summed E-state index contributed by atoms with van der Waals surface area (Å²) in [5.41, 5.74) is 2.75. The molecule has 3 rings (SSSR count). The van der Waals surface area contributed by atoms with Gasteiger partial charge in [-0.25, -0.2) is 0 Å². The van der Waals surface area contributed by atoms with Crippen LogP contribution in [0.3, 0.4) is 0 Å². The van der Waals surface area contributed by atoms with E-state index >= 15 is 0 Å². The van der Waals surface area contributed by atoms with Gasteiger partial charge >= 0.3 is 0 Å². The molecule has 2 atom stereocenters. The molecule has 104 valence electrons. The van der Waals surface area contributed by atoms with E-state index in [-0.39, 0.29) is 11.5 Å². The topological polar surface area (TPSA) is 30.5 Å². The molecule has 1 saturated heterocycles. The molecule has 0 aliphatic carbocycles. The average molecular weight is 261 g/mol. The Hall–Kier alpha value is -1.06. The lowest BCUT2D eigenvalue weighted by atomic mass is 9.85. The number of fused-ring (bicyclic) bond motifs is 1. The van der Waals surface area contributed by atoms with Crippen LogP contribution in [0.15, 0.2) is 18.2 Å². The third-order valence-electron chi connectivity index (χ3n) is 4.33. The van der Waals surface area contributed by atoms with Crippen LogP contribution < -0.4 is 10.1 Å². The molecule has 2 unspecified atom stereocenters. The summed E-state index contributed by atoms with van der Waals surface area (Å²) in [5.74, 6) is 1.04. The minimum absolute atomic E-state index is 0.111. The summed E-state index contributed by atoms with van der Waals surface area (Å²) in [4.78, 5) is 0. The Kier molecular flexibility index (Phi) is 3.27. The van der Waals surface area contributed by atoms with Crippen LogP contribution in [0, 0.1) is 0 Å². The highest BCUT2D eigenvalue weighted by Gasteiger charge is 2.33. The second-order valence-electron chi connectivity index (χ2n) is 6.25. The van der Waals surface area contributed by atoms with Gasteiger partial charge in [0.05, 0.1) is 18.8 Å². The summed E-state index contributed by atoms with van der Waals surface area (Å²) >= 11 is 0. The first-order valence-electron chi connectivity index (χ1n) is 7.18. The molecule has 0 bridgehead atoms. The molecule has 3 nitrogen and oxygen atoms in total. The van der Waals surface area contributed by atoms with Gasteiger partial charge in [0.1, 0.15) is 5.75 Å². The van der Waals surface area contributed by atoms with Gasteiger partial charge in [-0.15, -0.1) is 0 Å². The molecule has 0 aromatic heterocycles.